The molecule has 0 spiro atoms. The molecule has 0 aromatic heterocycles. The van der Waals surface area contributed by atoms with Crippen LogP contribution in [0.25, 0.3) is 0 Å². The van der Waals surface area contributed by atoms with Crippen molar-refractivity contribution in [3.8, 4) is 11.5 Å². The number of hydrogen-bond acceptors (Lipinski definition) is 5. The SMILES string of the molecule is COc1ccc(CNC(=O)c2ccc(CN(c3ccccc3Cl)S(C)(=O)=O)cc2)cc1OC. The molecule has 1 amide bonds. The molecule has 0 aliphatic heterocycles. The van der Waals surface area contributed by atoms with Crippen molar-refractivity contribution >= 4 is 33.2 Å². The van der Waals surface area contributed by atoms with Gasteiger partial charge in [0.15, 0.2) is 11.5 Å². The molecule has 3 aromatic carbocycles. The Bertz CT molecular complexity index is 1230. The molecular formula is C24H25ClN2O5S. The van der Waals surface area contributed by atoms with Gasteiger partial charge in [-0.15, -0.1) is 0 Å². The molecular weight excluding hydrogens is 464 g/mol. The molecule has 9 heteroatoms. The van der Waals surface area contributed by atoms with Crippen LogP contribution in [0.15, 0.2) is 66.7 Å². The highest BCUT2D eigenvalue weighted by Gasteiger charge is 2.20. The summed E-state index contributed by atoms with van der Waals surface area (Å²) in [6.07, 6.45) is 1.13. The number of carbonyl (C=O) groups is 1. The van der Waals surface area contributed by atoms with Crippen LogP contribution in [0.1, 0.15) is 21.5 Å². The van der Waals surface area contributed by atoms with Gasteiger partial charge in [0.1, 0.15) is 0 Å². The van der Waals surface area contributed by atoms with Crippen LogP contribution in [-0.4, -0.2) is 34.8 Å². The zero-order valence-electron chi connectivity index (χ0n) is 18.5. The van der Waals surface area contributed by atoms with Gasteiger partial charge in [-0.3, -0.25) is 9.10 Å². The van der Waals surface area contributed by atoms with Gasteiger partial charge in [-0.25, -0.2) is 8.42 Å². The molecule has 0 aliphatic carbocycles. The average Bonchev–Trinajstić information content (AvgIpc) is 2.81. The van der Waals surface area contributed by atoms with Gasteiger partial charge in [-0.05, 0) is 47.5 Å². The molecule has 0 unspecified atom stereocenters. The van der Waals surface area contributed by atoms with Crippen molar-refractivity contribution in [2.75, 3.05) is 24.8 Å². The average molecular weight is 489 g/mol. The van der Waals surface area contributed by atoms with Crippen LogP contribution in [0.2, 0.25) is 5.02 Å². The first-order valence-electron chi connectivity index (χ1n) is 10.0. The van der Waals surface area contributed by atoms with E-state index < -0.39 is 10.0 Å². The van der Waals surface area contributed by atoms with E-state index in [1.54, 1.807) is 74.9 Å². The Morgan fingerprint density at radius 1 is 0.939 bits per heavy atom. The van der Waals surface area contributed by atoms with Gasteiger partial charge in [-0.1, -0.05) is 41.9 Å². The minimum atomic E-state index is -3.56. The summed E-state index contributed by atoms with van der Waals surface area (Å²) in [7, 11) is -0.449. The van der Waals surface area contributed by atoms with Gasteiger partial charge in [0.25, 0.3) is 5.91 Å². The Morgan fingerprint density at radius 2 is 1.58 bits per heavy atom. The lowest BCUT2D eigenvalue weighted by Gasteiger charge is -2.23. The number of carbonyl (C=O) groups excluding carboxylic acids is 1. The number of nitrogens with zero attached hydrogens (tertiary/aromatic N) is 1. The third kappa shape index (κ3) is 6.18. The van der Waals surface area contributed by atoms with Crippen molar-refractivity contribution in [1.82, 2.24) is 5.32 Å². The lowest BCUT2D eigenvalue weighted by molar-refractivity contribution is 0.0951. The largest absolute Gasteiger partial charge is 0.493 e. The number of para-hydroxylation sites is 1. The molecule has 0 atom stereocenters. The second kappa shape index (κ2) is 10.6. The van der Waals surface area contributed by atoms with Crippen molar-refractivity contribution in [2.45, 2.75) is 13.1 Å². The van der Waals surface area contributed by atoms with Crippen LogP contribution in [0.4, 0.5) is 5.69 Å². The number of methoxy groups -OCH3 is 2. The van der Waals surface area contributed by atoms with Gasteiger partial charge >= 0.3 is 0 Å². The highest BCUT2D eigenvalue weighted by molar-refractivity contribution is 7.92. The van der Waals surface area contributed by atoms with Crippen LogP contribution in [0, 0.1) is 0 Å². The van der Waals surface area contributed by atoms with E-state index in [1.165, 1.54) is 4.31 Å². The normalized spacial score (nSPS) is 11.0. The lowest BCUT2D eigenvalue weighted by Crippen LogP contribution is -2.29. The maximum Gasteiger partial charge on any atom is 0.251 e. The van der Waals surface area contributed by atoms with Crippen LogP contribution in [0.3, 0.4) is 0 Å². The Kier molecular flexibility index (Phi) is 7.84. The molecule has 1 N–H and O–H groups in total. The standard InChI is InChI=1S/C24H25ClN2O5S/c1-31-22-13-10-18(14-23(22)32-2)15-26-24(28)19-11-8-17(9-12-19)16-27(33(3,29)30)21-7-5-4-6-20(21)25/h4-14H,15-16H2,1-3H3,(H,26,28). The van der Waals surface area contributed by atoms with Gasteiger partial charge in [0.2, 0.25) is 10.0 Å². The summed E-state index contributed by atoms with van der Waals surface area (Å²) in [4.78, 5) is 12.6. The van der Waals surface area contributed by atoms with Crippen molar-refractivity contribution in [2.24, 2.45) is 0 Å². The van der Waals surface area contributed by atoms with E-state index in [0.717, 1.165) is 17.4 Å². The minimum Gasteiger partial charge on any atom is -0.493 e. The van der Waals surface area contributed by atoms with Gasteiger partial charge in [0.05, 0.1) is 37.7 Å². The smallest absolute Gasteiger partial charge is 0.251 e. The molecule has 0 radical (unpaired) electrons. The van der Waals surface area contributed by atoms with Gasteiger partial charge in [-0.2, -0.15) is 0 Å². The molecule has 0 saturated heterocycles. The number of benzene rings is 3. The Morgan fingerprint density at radius 3 is 2.18 bits per heavy atom. The summed E-state index contributed by atoms with van der Waals surface area (Å²) in [5.74, 6) is 0.952. The second-order valence-electron chi connectivity index (χ2n) is 7.29. The lowest BCUT2D eigenvalue weighted by atomic mass is 10.1. The molecule has 3 aromatic rings. The minimum absolute atomic E-state index is 0.0934. The van der Waals surface area contributed by atoms with E-state index in [9.17, 15) is 13.2 Å². The predicted molar refractivity (Wildman–Crippen MR) is 130 cm³/mol. The van der Waals surface area contributed by atoms with E-state index in [0.29, 0.717) is 34.3 Å². The first-order chi connectivity index (χ1) is 15.7. The first-order valence-corrected chi connectivity index (χ1v) is 12.3. The number of nitrogens with one attached hydrogen (secondary N) is 1. The summed E-state index contributed by atoms with van der Waals surface area (Å²) in [5, 5.41) is 3.20. The molecule has 174 valence electrons. The maximum atomic E-state index is 12.6. The molecule has 7 nitrogen and oxygen atoms in total. The Labute approximate surface area is 198 Å². The summed E-state index contributed by atoms with van der Waals surface area (Å²) in [6, 6.07) is 18.9. The molecule has 0 fully saturated rings. The third-order valence-electron chi connectivity index (χ3n) is 4.96. The van der Waals surface area contributed by atoms with Crippen LogP contribution in [0.5, 0.6) is 11.5 Å². The van der Waals surface area contributed by atoms with E-state index in [4.69, 9.17) is 21.1 Å². The van der Waals surface area contributed by atoms with E-state index in [2.05, 4.69) is 5.32 Å². The number of ether oxygens (including phenoxy) is 2. The van der Waals surface area contributed by atoms with Crippen LogP contribution < -0.4 is 19.1 Å². The fourth-order valence-corrected chi connectivity index (χ4v) is 4.43. The highest BCUT2D eigenvalue weighted by Crippen LogP contribution is 2.29. The summed E-state index contributed by atoms with van der Waals surface area (Å²) >= 11 is 6.21. The Balaban J connectivity index is 1.69. The summed E-state index contributed by atoms with van der Waals surface area (Å²) < 4.78 is 36.5. The fourth-order valence-electron chi connectivity index (χ4n) is 3.24. The summed E-state index contributed by atoms with van der Waals surface area (Å²) in [5.41, 5.74) is 2.44. The number of halogens is 1. The molecule has 0 saturated carbocycles. The zero-order valence-corrected chi connectivity index (χ0v) is 20.1. The molecule has 0 heterocycles. The van der Waals surface area contributed by atoms with Gasteiger partial charge < -0.3 is 14.8 Å². The maximum absolute atomic E-state index is 12.6. The van der Waals surface area contributed by atoms with Crippen molar-refractivity contribution in [3.63, 3.8) is 0 Å². The van der Waals surface area contributed by atoms with Crippen molar-refractivity contribution in [3.05, 3.63) is 88.4 Å². The monoisotopic (exact) mass is 488 g/mol. The number of hydrogen-bond donors (Lipinski definition) is 1. The molecule has 33 heavy (non-hydrogen) atoms. The van der Waals surface area contributed by atoms with E-state index in [1.807, 2.05) is 6.07 Å². The third-order valence-corrected chi connectivity index (χ3v) is 6.41. The van der Waals surface area contributed by atoms with E-state index >= 15 is 0 Å². The van der Waals surface area contributed by atoms with Gasteiger partial charge in [0, 0.05) is 12.1 Å². The van der Waals surface area contributed by atoms with Crippen molar-refractivity contribution in [1.29, 1.82) is 0 Å². The number of amides is 1. The molecule has 3 rings (SSSR count). The quantitative estimate of drug-likeness (QED) is 0.486. The number of sulfonamides is 1. The summed E-state index contributed by atoms with van der Waals surface area (Å²) in [6.45, 7) is 0.408. The second-order valence-corrected chi connectivity index (χ2v) is 9.60. The van der Waals surface area contributed by atoms with Crippen molar-refractivity contribution < 1.29 is 22.7 Å². The fraction of sp³-hybridized carbons (Fsp3) is 0.208. The number of rotatable bonds is 9. The molecule has 0 bridgehead atoms. The van der Waals surface area contributed by atoms with E-state index in [-0.39, 0.29) is 12.5 Å². The zero-order chi connectivity index (χ0) is 24.0. The topological polar surface area (TPSA) is 84.9 Å². The number of anilines is 1. The first kappa shape index (κ1) is 24.4. The highest BCUT2D eigenvalue weighted by atomic mass is 35.5. The van der Waals surface area contributed by atoms with Crippen LogP contribution in [-0.2, 0) is 23.1 Å². The predicted octanol–water partition coefficient (Wildman–Crippen LogP) is 4.25. The van der Waals surface area contributed by atoms with Crippen LogP contribution >= 0.6 is 11.6 Å². The molecule has 0 aliphatic rings. The Hall–Kier alpha value is -3.23.